The summed E-state index contributed by atoms with van der Waals surface area (Å²) in [7, 11) is 0. The first-order valence-corrected chi connectivity index (χ1v) is 10.3. The molecule has 1 heterocycles. The summed E-state index contributed by atoms with van der Waals surface area (Å²) < 4.78 is 0. The Kier molecular flexibility index (Phi) is 6.97. The zero-order valence-corrected chi connectivity index (χ0v) is 17.1. The molecule has 0 radical (unpaired) electrons. The van der Waals surface area contributed by atoms with Crippen LogP contribution in [-0.4, -0.2) is 34.1 Å². The van der Waals surface area contributed by atoms with E-state index in [-0.39, 0.29) is 17.6 Å². The van der Waals surface area contributed by atoms with E-state index in [1.165, 1.54) is 11.8 Å². The third-order valence-corrected chi connectivity index (χ3v) is 4.83. The van der Waals surface area contributed by atoms with Crippen molar-refractivity contribution in [2.75, 3.05) is 17.6 Å². The molecular formula is C22H22N4O2S. The lowest BCUT2D eigenvalue weighted by molar-refractivity contribution is -0.113. The summed E-state index contributed by atoms with van der Waals surface area (Å²) in [5.41, 5.74) is 3.76. The minimum atomic E-state index is -0.186. The molecular weight excluding hydrogens is 384 g/mol. The summed E-state index contributed by atoms with van der Waals surface area (Å²) in [6.45, 7) is 4.32. The highest BCUT2D eigenvalue weighted by molar-refractivity contribution is 7.99. The quantitative estimate of drug-likeness (QED) is 0.459. The number of nitrogens with one attached hydrogen (secondary N) is 2. The normalized spacial score (nSPS) is 10.4. The zero-order chi connectivity index (χ0) is 20.6. The summed E-state index contributed by atoms with van der Waals surface area (Å²) in [5, 5.41) is 6.11. The third-order valence-electron chi connectivity index (χ3n) is 3.98. The maximum absolute atomic E-state index is 12.3. The van der Waals surface area contributed by atoms with E-state index in [0.717, 1.165) is 17.0 Å². The van der Waals surface area contributed by atoms with Crippen molar-refractivity contribution >= 4 is 29.3 Å². The Hall–Kier alpha value is -3.19. The molecule has 2 N–H and O–H groups in total. The van der Waals surface area contributed by atoms with E-state index in [1.807, 2.05) is 50.2 Å². The third kappa shape index (κ3) is 5.89. The van der Waals surface area contributed by atoms with Gasteiger partial charge >= 0.3 is 0 Å². The molecule has 29 heavy (non-hydrogen) atoms. The Morgan fingerprint density at radius 1 is 1.00 bits per heavy atom. The van der Waals surface area contributed by atoms with Gasteiger partial charge in [-0.25, -0.2) is 9.97 Å². The molecule has 0 atom stereocenters. The van der Waals surface area contributed by atoms with Gasteiger partial charge in [0, 0.05) is 29.1 Å². The number of carbonyl (C=O) groups excluding carboxylic acids is 2. The van der Waals surface area contributed by atoms with Crippen LogP contribution < -0.4 is 10.6 Å². The summed E-state index contributed by atoms with van der Waals surface area (Å²) in [6, 6.07) is 18.6. The number of carbonyl (C=O) groups is 2. The molecule has 148 valence electrons. The molecule has 2 aromatic carbocycles. The Morgan fingerprint density at radius 3 is 2.55 bits per heavy atom. The van der Waals surface area contributed by atoms with Gasteiger partial charge in [0.2, 0.25) is 5.91 Å². The topological polar surface area (TPSA) is 84.0 Å². The average Bonchev–Trinajstić information content (AvgIpc) is 2.73. The predicted octanol–water partition coefficient (Wildman–Crippen LogP) is 3.93. The Balaban J connectivity index is 1.63. The van der Waals surface area contributed by atoms with Crippen LogP contribution in [0.5, 0.6) is 0 Å². The average molecular weight is 407 g/mol. The molecule has 0 aliphatic rings. The molecule has 3 rings (SSSR count). The Morgan fingerprint density at radius 2 is 1.79 bits per heavy atom. The molecule has 0 bridgehead atoms. The fraction of sp³-hybridized carbons (Fsp3) is 0.182. The molecule has 0 unspecified atom stereocenters. The van der Waals surface area contributed by atoms with Gasteiger partial charge in [0.15, 0.2) is 5.16 Å². The van der Waals surface area contributed by atoms with Gasteiger partial charge in [-0.3, -0.25) is 9.59 Å². The van der Waals surface area contributed by atoms with Crippen molar-refractivity contribution in [3.8, 4) is 11.3 Å². The smallest absolute Gasteiger partial charge is 0.251 e. The van der Waals surface area contributed by atoms with Crippen LogP contribution in [0.1, 0.15) is 23.0 Å². The van der Waals surface area contributed by atoms with Crippen LogP contribution in [0.3, 0.4) is 0 Å². The van der Waals surface area contributed by atoms with Crippen molar-refractivity contribution in [3.05, 3.63) is 71.9 Å². The molecule has 2 amide bonds. The van der Waals surface area contributed by atoms with E-state index in [4.69, 9.17) is 0 Å². The minimum Gasteiger partial charge on any atom is -0.352 e. The number of nitrogens with zero attached hydrogens (tertiary/aromatic N) is 2. The number of anilines is 1. The van der Waals surface area contributed by atoms with Crippen LogP contribution >= 0.6 is 11.8 Å². The van der Waals surface area contributed by atoms with Gasteiger partial charge in [0.25, 0.3) is 5.91 Å². The lowest BCUT2D eigenvalue weighted by Crippen LogP contribution is -2.23. The molecule has 0 spiro atoms. The van der Waals surface area contributed by atoms with Gasteiger partial charge in [0.05, 0.1) is 11.4 Å². The minimum absolute atomic E-state index is 0.167. The summed E-state index contributed by atoms with van der Waals surface area (Å²) in [4.78, 5) is 33.2. The van der Waals surface area contributed by atoms with E-state index in [2.05, 4.69) is 20.6 Å². The number of benzene rings is 2. The zero-order valence-electron chi connectivity index (χ0n) is 16.3. The Bertz CT molecular complexity index is 1010. The van der Waals surface area contributed by atoms with Crippen molar-refractivity contribution in [2.24, 2.45) is 0 Å². The number of aromatic nitrogens is 2. The molecule has 3 aromatic rings. The fourth-order valence-corrected chi connectivity index (χ4v) is 3.39. The van der Waals surface area contributed by atoms with Crippen molar-refractivity contribution in [1.82, 2.24) is 15.3 Å². The molecule has 0 aliphatic heterocycles. The number of aryl methyl sites for hydroxylation is 1. The predicted molar refractivity (Wildman–Crippen MR) is 116 cm³/mol. The first-order valence-electron chi connectivity index (χ1n) is 9.27. The second-order valence-electron chi connectivity index (χ2n) is 6.32. The van der Waals surface area contributed by atoms with Crippen LogP contribution in [0.25, 0.3) is 11.3 Å². The van der Waals surface area contributed by atoms with Gasteiger partial charge in [-0.15, -0.1) is 0 Å². The molecule has 0 saturated heterocycles. The van der Waals surface area contributed by atoms with E-state index < -0.39 is 0 Å². The lowest BCUT2D eigenvalue weighted by atomic mass is 10.1. The molecule has 6 nitrogen and oxygen atoms in total. The van der Waals surface area contributed by atoms with Gasteiger partial charge in [0.1, 0.15) is 0 Å². The van der Waals surface area contributed by atoms with E-state index in [9.17, 15) is 9.59 Å². The van der Waals surface area contributed by atoms with Crippen LogP contribution in [0, 0.1) is 6.92 Å². The van der Waals surface area contributed by atoms with E-state index in [0.29, 0.717) is 23.0 Å². The maximum Gasteiger partial charge on any atom is 0.251 e. The highest BCUT2D eigenvalue weighted by Crippen LogP contribution is 2.22. The van der Waals surface area contributed by atoms with Crippen LogP contribution in [-0.2, 0) is 4.79 Å². The molecule has 0 fully saturated rings. The fourth-order valence-electron chi connectivity index (χ4n) is 2.69. The van der Waals surface area contributed by atoms with Gasteiger partial charge in [-0.05, 0) is 38.1 Å². The SMILES string of the molecule is CCNC(=O)c1cccc(NC(=O)CSc2nc(C)cc(-c3ccccc3)n2)c1. The first kappa shape index (κ1) is 20.5. The van der Waals surface area contributed by atoms with Crippen molar-refractivity contribution < 1.29 is 9.59 Å². The van der Waals surface area contributed by atoms with E-state index in [1.54, 1.807) is 24.3 Å². The summed E-state index contributed by atoms with van der Waals surface area (Å²) >= 11 is 1.28. The van der Waals surface area contributed by atoms with Gasteiger partial charge in [-0.1, -0.05) is 48.2 Å². The van der Waals surface area contributed by atoms with Crippen molar-refractivity contribution in [3.63, 3.8) is 0 Å². The first-order chi connectivity index (χ1) is 14.0. The molecule has 0 aliphatic carbocycles. The second kappa shape index (κ2) is 9.84. The highest BCUT2D eigenvalue weighted by Gasteiger charge is 2.10. The summed E-state index contributed by atoms with van der Waals surface area (Å²) in [6.07, 6.45) is 0. The molecule has 0 saturated carbocycles. The monoisotopic (exact) mass is 406 g/mol. The lowest BCUT2D eigenvalue weighted by Gasteiger charge is -2.08. The number of amides is 2. The maximum atomic E-state index is 12.3. The second-order valence-corrected chi connectivity index (χ2v) is 7.26. The number of thioether (sulfide) groups is 1. The van der Waals surface area contributed by atoms with Gasteiger partial charge < -0.3 is 10.6 Å². The molecule has 1 aromatic heterocycles. The van der Waals surface area contributed by atoms with E-state index >= 15 is 0 Å². The molecule has 7 heteroatoms. The van der Waals surface area contributed by atoms with Crippen molar-refractivity contribution in [2.45, 2.75) is 19.0 Å². The van der Waals surface area contributed by atoms with Gasteiger partial charge in [-0.2, -0.15) is 0 Å². The highest BCUT2D eigenvalue weighted by atomic mass is 32.2. The standard InChI is InChI=1S/C22H22N4O2S/c1-3-23-21(28)17-10-7-11-18(13-17)25-20(27)14-29-22-24-15(2)12-19(26-22)16-8-5-4-6-9-16/h4-13H,3,14H2,1-2H3,(H,23,28)(H,25,27). The number of rotatable bonds is 7. The van der Waals surface area contributed by atoms with Crippen LogP contribution in [0.15, 0.2) is 65.8 Å². The number of hydrogen-bond acceptors (Lipinski definition) is 5. The Labute approximate surface area is 174 Å². The number of hydrogen-bond donors (Lipinski definition) is 2. The van der Waals surface area contributed by atoms with Crippen molar-refractivity contribution in [1.29, 1.82) is 0 Å². The summed E-state index contributed by atoms with van der Waals surface area (Å²) in [5.74, 6) is -0.183. The largest absolute Gasteiger partial charge is 0.352 e. The van der Waals surface area contributed by atoms with Crippen LogP contribution in [0.2, 0.25) is 0 Å². The van der Waals surface area contributed by atoms with Crippen LogP contribution in [0.4, 0.5) is 5.69 Å².